The topological polar surface area (TPSA) is 65.9 Å². The average Bonchev–Trinajstić information content (AvgIpc) is 2.94. The highest BCUT2D eigenvalue weighted by atomic mass is 19.4. The zero-order chi connectivity index (χ0) is 22.8. The number of halogens is 3. The van der Waals surface area contributed by atoms with Crippen molar-refractivity contribution in [1.82, 2.24) is 9.80 Å². The molecule has 1 heterocycles. The Morgan fingerprint density at radius 1 is 1.13 bits per heavy atom. The zero-order valence-electron chi connectivity index (χ0n) is 17.3. The Morgan fingerprint density at radius 3 is 2.45 bits per heavy atom. The molecule has 1 fully saturated rings. The molecule has 0 spiro atoms. The molecule has 0 aromatic heterocycles. The number of nitrogens with one attached hydrogen (secondary N) is 1. The molecule has 0 atom stereocenters. The molecular formula is C22H22F3N3O3. The number of benzene rings is 2. The molecule has 0 saturated carbocycles. The predicted molar refractivity (Wildman–Crippen MR) is 110 cm³/mol. The largest absolute Gasteiger partial charge is 0.493 e. The fourth-order valence-electron chi connectivity index (χ4n) is 3.26. The highest BCUT2D eigenvalue weighted by molar-refractivity contribution is 6.15. The van der Waals surface area contributed by atoms with E-state index in [4.69, 9.17) is 14.9 Å². The van der Waals surface area contributed by atoms with Gasteiger partial charge in [0.1, 0.15) is 6.61 Å². The summed E-state index contributed by atoms with van der Waals surface area (Å²) in [5.41, 5.74) is 0.351. The second-order valence-corrected chi connectivity index (χ2v) is 6.82. The van der Waals surface area contributed by atoms with E-state index in [0.29, 0.717) is 23.6 Å². The van der Waals surface area contributed by atoms with Crippen LogP contribution in [0.25, 0.3) is 6.08 Å². The summed E-state index contributed by atoms with van der Waals surface area (Å²) in [5.74, 6) is 0.700. The summed E-state index contributed by atoms with van der Waals surface area (Å²) < 4.78 is 50.5. The lowest BCUT2D eigenvalue weighted by molar-refractivity contribution is -0.138. The van der Waals surface area contributed by atoms with E-state index < -0.39 is 11.7 Å². The highest BCUT2D eigenvalue weighted by Crippen LogP contribution is 2.34. The SMILES string of the molecule is CCN1C(=N)/C(=C/c2ccc(OCc3ccccc3C(F)(F)F)c(OC)c2)N(C)C1=O. The van der Waals surface area contributed by atoms with Gasteiger partial charge < -0.3 is 9.47 Å². The molecule has 2 amide bonds. The van der Waals surface area contributed by atoms with Crippen molar-refractivity contribution in [2.24, 2.45) is 0 Å². The van der Waals surface area contributed by atoms with Crippen LogP contribution in [0.5, 0.6) is 11.5 Å². The molecule has 1 N–H and O–H groups in total. The van der Waals surface area contributed by atoms with Crippen LogP contribution in [-0.4, -0.2) is 42.4 Å². The van der Waals surface area contributed by atoms with Crippen molar-refractivity contribution in [1.29, 1.82) is 5.41 Å². The summed E-state index contributed by atoms with van der Waals surface area (Å²) in [7, 11) is 3.01. The first-order valence-electron chi connectivity index (χ1n) is 9.49. The van der Waals surface area contributed by atoms with Crippen LogP contribution in [-0.2, 0) is 12.8 Å². The lowest BCUT2D eigenvalue weighted by atomic mass is 10.1. The van der Waals surface area contributed by atoms with Gasteiger partial charge >= 0.3 is 12.2 Å². The molecule has 3 rings (SSSR count). The lowest BCUT2D eigenvalue weighted by Crippen LogP contribution is -2.30. The van der Waals surface area contributed by atoms with E-state index in [-0.39, 0.29) is 29.8 Å². The minimum Gasteiger partial charge on any atom is -0.493 e. The van der Waals surface area contributed by atoms with E-state index >= 15 is 0 Å². The van der Waals surface area contributed by atoms with Crippen LogP contribution in [0.1, 0.15) is 23.6 Å². The number of ether oxygens (including phenoxy) is 2. The minimum absolute atomic E-state index is 0.0162. The molecular weight excluding hydrogens is 411 g/mol. The zero-order valence-corrected chi connectivity index (χ0v) is 17.3. The first-order chi connectivity index (χ1) is 14.7. The Balaban J connectivity index is 1.84. The third-order valence-corrected chi connectivity index (χ3v) is 4.90. The van der Waals surface area contributed by atoms with E-state index in [9.17, 15) is 18.0 Å². The van der Waals surface area contributed by atoms with Crippen LogP contribution in [0, 0.1) is 5.41 Å². The van der Waals surface area contributed by atoms with Crippen molar-refractivity contribution in [2.45, 2.75) is 19.7 Å². The van der Waals surface area contributed by atoms with E-state index in [1.807, 2.05) is 0 Å². The molecule has 9 heteroatoms. The summed E-state index contributed by atoms with van der Waals surface area (Å²) in [6.07, 6.45) is -2.80. The van der Waals surface area contributed by atoms with Gasteiger partial charge in [0.25, 0.3) is 0 Å². The number of amides is 2. The fraction of sp³-hybridized carbons (Fsp3) is 0.273. The molecule has 2 aromatic rings. The van der Waals surface area contributed by atoms with Gasteiger partial charge in [-0.2, -0.15) is 13.2 Å². The molecule has 0 unspecified atom stereocenters. The normalized spacial score (nSPS) is 15.7. The Kier molecular flexibility index (Phi) is 6.24. The quantitative estimate of drug-likeness (QED) is 0.697. The van der Waals surface area contributed by atoms with Gasteiger partial charge in [0.15, 0.2) is 17.3 Å². The van der Waals surface area contributed by atoms with Crippen molar-refractivity contribution in [2.75, 3.05) is 20.7 Å². The first-order valence-corrected chi connectivity index (χ1v) is 9.49. The third-order valence-electron chi connectivity index (χ3n) is 4.90. The molecule has 0 radical (unpaired) electrons. The number of urea groups is 1. The number of methoxy groups -OCH3 is 1. The summed E-state index contributed by atoms with van der Waals surface area (Å²) in [5, 5.41) is 8.19. The molecule has 6 nitrogen and oxygen atoms in total. The summed E-state index contributed by atoms with van der Waals surface area (Å²) in [6, 6.07) is 9.85. The van der Waals surface area contributed by atoms with Crippen molar-refractivity contribution in [3.05, 3.63) is 64.9 Å². The van der Waals surface area contributed by atoms with Crippen molar-refractivity contribution < 1.29 is 27.4 Å². The summed E-state index contributed by atoms with van der Waals surface area (Å²) in [4.78, 5) is 14.9. The fourth-order valence-corrected chi connectivity index (χ4v) is 3.26. The number of alkyl halides is 3. The van der Waals surface area contributed by atoms with Crippen LogP contribution in [0.15, 0.2) is 48.2 Å². The maximum Gasteiger partial charge on any atom is 0.416 e. The van der Waals surface area contributed by atoms with Crippen LogP contribution in [0.4, 0.5) is 18.0 Å². The van der Waals surface area contributed by atoms with Crippen LogP contribution in [0.3, 0.4) is 0 Å². The Labute approximate surface area is 178 Å². The van der Waals surface area contributed by atoms with Crippen molar-refractivity contribution >= 4 is 17.9 Å². The van der Waals surface area contributed by atoms with Gasteiger partial charge in [-0.1, -0.05) is 24.3 Å². The molecule has 1 saturated heterocycles. The second-order valence-electron chi connectivity index (χ2n) is 6.82. The highest BCUT2D eigenvalue weighted by Gasteiger charge is 2.35. The van der Waals surface area contributed by atoms with E-state index in [1.54, 1.807) is 38.2 Å². The number of amidine groups is 1. The number of hydrogen-bond donors (Lipinski definition) is 1. The van der Waals surface area contributed by atoms with Gasteiger partial charge in [-0.25, -0.2) is 4.79 Å². The molecule has 1 aliphatic rings. The number of carbonyl (C=O) groups excluding carboxylic acids is 1. The second kappa shape index (κ2) is 8.71. The number of carbonyl (C=O) groups is 1. The molecule has 0 aliphatic carbocycles. The van der Waals surface area contributed by atoms with Crippen molar-refractivity contribution in [3.63, 3.8) is 0 Å². The summed E-state index contributed by atoms with van der Waals surface area (Å²) in [6.45, 7) is 1.89. The number of likely N-dealkylation sites (N-methyl/N-ethyl adjacent to an activating group) is 2. The first kappa shape index (κ1) is 22.2. The maximum atomic E-state index is 13.2. The molecule has 1 aliphatic heterocycles. The lowest BCUT2D eigenvalue weighted by Gasteiger charge is -2.15. The Hall–Kier alpha value is -3.49. The Morgan fingerprint density at radius 2 is 1.84 bits per heavy atom. The maximum absolute atomic E-state index is 13.2. The number of hydrogen-bond acceptors (Lipinski definition) is 4. The van der Waals surface area contributed by atoms with Crippen LogP contribution in [0.2, 0.25) is 0 Å². The summed E-state index contributed by atoms with van der Waals surface area (Å²) >= 11 is 0. The van der Waals surface area contributed by atoms with E-state index in [0.717, 1.165) is 6.07 Å². The standard InChI is InChI=1S/C22H22F3N3O3/c1-4-28-20(26)17(27(2)21(28)29)11-14-9-10-18(19(12-14)30-3)31-13-15-7-5-6-8-16(15)22(23,24)25/h5-12,26H,4,13H2,1-3H3/b17-11-,26-20?. The van der Waals surface area contributed by atoms with Gasteiger partial charge in [0, 0.05) is 19.2 Å². The predicted octanol–water partition coefficient (Wildman–Crippen LogP) is 5.00. The van der Waals surface area contributed by atoms with Gasteiger partial charge in [-0.15, -0.1) is 0 Å². The average molecular weight is 433 g/mol. The molecule has 2 aromatic carbocycles. The van der Waals surface area contributed by atoms with E-state index in [2.05, 4.69) is 0 Å². The third kappa shape index (κ3) is 4.50. The van der Waals surface area contributed by atoms with Gasteiger partial charge in [0.2, 0.25) is 0 Å². The van der Waals surface area contributed by atoms with Gasteiger partial charge in [-0.3, -0.25) is 15.2 Å². The number of rotatable bonds is 6. The van der Waals surface area contributed by atoms with Crippen molar-refractivity contribution in [3.8, 4) is 11.5 Å². The van der Waals surface area contributed by atoms with Gasteiger partial charge in [0.05, 0.1) is 18.4 Å². The molecule has 0 bridgehead atoms. The molecule has 31 heavy (non-hydrogen) atoms. The molecule has 164 valence electrons. The van der Waals surface area contributed by atoms with Gasteiger partial charge in [-0.05, 0) is 36.8 Å². The Bertz CT molecular complexity index is 1030. The monoisotopic (exact) mass is 433 g/mol. The van der Waals surface area contributed by atoms with Crippen LogP contribution < -0.4 is 9.47 Å². The van der Waals surface area contributed by atoms with Crippen LogP contribution >= 0.6 is 0 Å². The minimum atomic E-state index is -4.47. The number of nitrogens with zero attached hydrogens (tertiary/aromatic N) is 2. The smallest absolute Gasteiger partial charge is 0.416 e. The van der Waals surface area contributed by atoms with E-state index in [1.165, 1.54) is 35.1 Å².